The van der Waals surface area contributed by atoms with Gasteiger partial charge in [0.2, 0.25) is 5.82 Å². The van der Waals surface area contributed by atoms with Crippen molar-refractivity contribution in [2.45, 2.75) is 20.5 Å². The summed E-state index contributed by atoms with van der Waals surface area (Å²) in [7, 11) is 0. The van der Waals surface area contributed by atoms with Crippen LogP contribution in [0.1, 0.15) is 37.9 Å². The third-order valence-electron chi connectivity index (χ3n) is 4.58. The van der Waals surface area contributed by atoms with Crippen LogP contribution in [0.3, 0.4) is 0 Å². The van der Waals surface area contributed by atoms with Crippen LogP contribution < -0.4 is 5.32 Å². The Bertz CT molecular complexity index is 1210. The number of para-hydroxylation sites is 1. The summed E-state index contributed by atoms with van der Waals surface area (Å²) in [6.07, 6.45) is 1.40. The third-order valence-corrected chi connectivity index (χ3v) is 4.58. The predicted octanol–water partition coefficient (Wildman–Crippen LogP) is 4.56. The first-order chi connectivity index (χ1) is 15.0. The number of esters is 1. The molecule has 0 spiro atoms. The van der Waals surface area contributed by atoms with E-state index in [0.29, 0.717) is 17.1 Å². The lowest BCUT2D eigenvalue weighted by Gasteiger charge is -2.12. The Hall–Kier alpha value is -4.20. The van der Waals surface area contributed by atoms with Gasteiger partial charge < -0.3 is 19.0 Å². The maximum atomic E-state index is 12.7. The summed E-state index contributed by atoms with van der Waals surface area (Å²) in [6.45, 7) is 3.59. The fraction of sp³-hybridized carbons (Fsp3) is 0.130. The molecule has 0 saturated carbocycles. The van der Waals surface area contributed by atoms with Crippen molar-refractivity contribution in [1.82, 2.24) is 10.1 Å². The highest BCUT2D eigenvalue weighted by Gasteiger charge is 2.19. The summed E-state index contributed by atoms with van der Waals surface area (Å²) in [5, 5.41) is 6.56. The fourth-order valence-electron chi connectivity index (χ4n) is 2.92. The molecule has 8 nitrogen and oxygen atoms in total. The summed E-state index contributed by atoms with van der Waals surface area (Å²) in [5.74, 6) is -0.377. The number of nitrogens with zero attached hydrogens (tertiary/aromatic N) is 2. The van der Waals surface area contributed by atoms with Gasteiger partial charge in [-0.25, -0.2) is 4.79 Å². The van der Waals surface area contributed by atoms with Crippen molar-refractivity contribution in [1.29, 1.82) is 0 Å². The van der Waals surface area contributed by atoms with Gasteiger partial charge in [-0.05, 0) is 49.7 Å². The highest BCUT2D eigenvalue weighted by atomic mass is 16.5. The number of carbonyl (C=O) groups is 2. The van der Waals surface area contributed by atoms with E-state index in [1.165, 1.54) is 12.3 Å². The first-order valence-corrected chi connectivity index (χ1v) is 9.52. The van der Waals surface area contributed by atoms with Crippen molar-refractivity contribution in [2.75, 3.05) is 5.32 Å². The molecule has 0 atom stereocenters. The van der Waals surface area contributed by atoms with E-state index in [1.807, 2.05) is 31.2 Å². The molecule has 0 aliphatic rings. The van der Waals surface area contributed by atoms with Gasteiger partial charge in [0.15, 0.2) is 12.4 Å². The Kier molecular flexibility index (Phi) is 5.61. The van der Waals surface area contributed by atoms with E-state index < -0.39 is 11.9 Å². The highest BCUT2D eigenvalue weighted by Crippen LogP contribution is 2.23. The van der Waals surface area contributed by atoms with Crippen LogP contribution in [-0.2, 0) is 11.3 Å². The summed E-state index contributed by atoms with van der Waals surface area (Å²) >= 11 is 0. The first kappa shape index (κ1) is 20.1. The molecule has 2 aromatic carbocycles. The van der Waals surface area contributed by atoms with Gasteiger partial charge in [0.25, 0.3) is 11.8 Å². The minimum absolute atomic E-state index is 0.137. The molecule has 0 aliphatic heterocycles. The molecular formula is C23H19N3O5. The molecule has 1 N–H and O–H groups in total. The number of benzene rings is 2. The lowest BCUT2D eigenvalue weighted by molar-refractivity contribution is 0.0461. The Morgan fingerprint density at radius 1 is 1.03 bits per heavy atom. The van der Waals surface area contributed by atoms with Crippen molar-refractivity contribution in [3.05, 3.63) is 89.1 Å². The molecule has 0 unspecified atom stereocenters. The van der Waals surface area contributed by atoms with Crippen molar-refractivity contribution in [2.24, 2.45) is 0 Å². The molecule has 2 heterocycles. The molecule has 0 bridgehead atoms. The smallest absolute Gasteiger partial charge is 0.340 e. The molecule has 156 valence electrons. The Labute approximate surface area is 177 Å². The van der Waals surface area contributed by atoms with Gasteiger partial charge in [0.1, 0.15) is 0 Å². The third kappa shape index (κ3) is 4.53. The summed E-state index contributed by atoms with van der Waals surface area (Å²) in [5.41, 5.74) is 3.16. The largest absolute Gasteiger partial charge is 0.459 e. The topological polar surface area (TPSA) is 107 Å². The van der Waals surface area contributed by atoms with E-state index in [1.54, 1.807) is 31.2 Å². The molecule has 0 radical (unpaired) electrons. The molecule has 31 heavy (non-hydrogen) atoms. The molecule has 0 aliphatic carbocycles. The number of ether oxygens (including phenoxy) is 1. The summed E-state index contributed by atoms with van der Waals surface area (Å²) in [4.78, 5) is 29.3. The molecule has 0 fully saturated rings. The first-order valence-electron chi connectivity index (χ1n) is 9.52. The Balaban J connectivity index is 1.46. The predicted molar refractivity (Wildman–Crippen MR) is 111 cm³/mol. The molecule has 8 heteroatoms. The number of rotatable bonds is 6. The zero-order valence-corrected chi connectivity index (χ0v) is 16.9. The Morgan fingerprint density at radius 2 is 1.84 bits per heavy atom. The molecule has 1 amide bonds. The lowest BCUT2D eigenvalue weighted by atomic mass is 10.1. The van der Waals surface area contributed by atoms with E-state index in [9.17, 15) is 9.59 Å². The maximum Gasteiger partial charge on any atom is 0.340 e. The molecule has 0 saturated heterocycles. The minimum atomic E-state index is -0.625. The fourth-order valence-corrected chi connectivity index (χ4v) is 2.92. The number of hydrogen-bond acceptors (Lipinski definition) is 7. The highest BCUT2D eigenvalue weighted by molar-refractivity contribution is 6.07. The quantitative estimate of drug-likeness (QED) is 0.458. The zero-order valence-electron chi connectivity index (χ0n) is 16.9. The van der Waals surface area contributed by atoms with E-state index in [-0.39, 0.29) is 23.8 Å². The Morgan fingerprint density at radius 3 is 2.58 bits per heavy atom. The number of aromatic nitrogens is 2. The number of carbonyl (C=O) groups excluding carboxylic acids is 2. The van der Waals surface area contributed by atoms with Gasteiger partial charge in [0, 0.05) is 5.56 Å². The normalized spacial score (nSPS) is 10.6. The maximum absolute atomic E-state index is 12.7. The van der Waals surface area contributed by atoms with Crippen LogP contribution in [-0.4, -0.2) is 22.0 Å². The van der Waals surface area contributed by atoms with Gasteiger partial charge in [-0.3, -0.25) is 4.79 Å². The van der Waals surface area contributed by atoms with Gasteiger partial charge in [-0.1, -0.05) is 35.0 Å². The van der Waals surface area contributed by atoms with Gasteiger partial charge in [0.05, 0.1) is 17.5 Å². The van der Waals surface area contributed by atoms with Crippen molar-refractivity contribution < 1.29 is 23.3 Å². The lowest BCUT2D eigenvalue weighted by Crippen LogP contribution is -2.16. The number of amides is 1. The molecule has 4 rings (SSSR count). The van der Waals surface area contributed by atoms with Crippen LogP contribution in [0.2, 0.25) is 0 Å². The van der Waals surface area contributed by atoms with Gasteiger partial charge >= 0.3 is 5.97 Å². The number of aryl methyl sites for hydroxylation is 2. The second-order valence-corrected chi connectivity index (χ2v) is 6.89. The standard InChI is InChI=1S/C23H19N3O5/c1-14-8-10-16(11-9-14)22-24-19(26-31-22)13-30-23(28)17-6-3-5-15(2)20(17)25-21(27)18-7-4-12-29-18/h3-12H,13H2,1-2H3,(H,25,27). The number of anilines is 1. The van der Waals surface area contributed by atoms with Crippen LogP contribution in [0.15, 0.2) is 69.8 Å². The van der Waals surface area contributed by atoms with E-state index in [4.69, 9.17) is 13.7 Å². The van der Waals surface area contributed by atoms with Crippen molar-refractivity contribution in [3.8, 4) is 11.5 Å². The van der Waals surface area contributed by atoms with E-state index in [0.717, 1.165) is 11.1 Å². The van der Waals surface area contributed by atoms with Crippen molar-refractivity contribution >= 4 is 17.6 Å². The number of furan rings is 1. The number of nitrogens with one attached hydrogen (secondary N) is 1. The summed E-state index contributed by atoms with van der Waals surface area (Å²) in [6, 6.07) is 15.8. The van der Waals surface area contributed by atoms with Crippen LogP contribution in [0.5, 0.6) is 0 Å². The molecule has 2 aromatic heterocycles. The van der Waals surface area contributed by atoms with Crippen LogP contribution in [0.4, 0.5) is 5.69 Å². The van der Waals surface area contributed by atoms with Gasteiger partial charge in [-0.15, -0.1) is 0 Å². The average molecular weight is 417 g/mol. The van der Waals surface area contributed by atoms with Crippen LogP contribution in [0.25, 0.3) is 11.5 Å². The zero-order chi connectivity index (χ0) is 21.8. The van der Waals surface area contributed by atoms with Gasteiger partial charge in [-0.2, -0.15) is 4.98 Å². The monoisotopic (exact) mass is 417 g/mol. The molecular weight excluding hydrogens is 398 g/mol. The van der Waals surface area contributed by atoms with Crippen molar-refractivity contribution in [3.63, 3.8) is 0 Å². The molecule has 4 aromatic rings. The van der Waals surface area contributed by atoms with Crippen LogP contribution >= 0.6 is 0 Å². The van der Waals surface area contributed by atoms with Crippen LogP contribution in [0, 0.1) is 13.8 Å². The second kappa shape index (κ2) is 8.66. The minimum Gasteiger partial charge on any atom is -0.459 e. The van der Waals surface area contributed by atoms with E-state index in [2.05, 4.69) is 15.5 Å². The summed E-state index contributed by atoms with van der Waals surface area (Å²) < 4.78 is 15.7. The average Bonchev–Trinajstić information content (AvgIpc) is 3.46. The SMILES string of the molecule is Cc1ccc(-c2nc(COC(=O)c3cccc(C)c3NC(=O)c3ccco3)no2)cc1. The second-order valence-electron chi connectivity index (χ2n) is 6.89. The number of hydrogen-bond donors (Lipinski definition) is 1. The van der Waals surface area contributed by atoms with E-state index >= 15 is 0 Å².